The van der Waals surface area contributed by atoms with Gasteiger partial charge in [-0.1, -0.05) is 54.6 Å². The fourth-order valence-corrected chi connectivity index (χ4v) is 3.62. The van der Waals surface area contributed by atoms with Crippen molar-refractivity contribution in [2.24, 2.45) is 0 Å². The Morgan fingerprint density at radius 1 is 0.886 bits per heavy atom. The molecule has 1 heterocycles. The van der Waals surface area contributed by atoms with E-state index in [2.05, 4.69) is 15.5 Å². The number of aliphatic carboxylic acids is 1. The van der Waals surface area contributed by atoms with Crippen LogP contribution in [0.3, 0.4) is 0 Å². The topological polar surface area (TPSA) is 105 Å². The maximum absolute atomic E-state index is 13.1. The van der Waals surface area contributed by atoms with Crippen LogP contribution in [0.25, 0.3) is 11.1 Å². The quantitative estimate of drug-likeness (QED) is 0.336. The minimum absolute atomic E-state index is 0.1000. The van der Waals surface area contributed by atoms with Gasteiger partial charge in [-0.3, -0.25) is 9.59 Å². The third-order valence-electron chi connectivity index (χ3n) is 5.53. The molecule has 7 nitrogen and oxygen atoms in total. The highest BCUT2D eigenvalue weighted by molar-refractivity contribution is 5.94. The first kappa shape index (κ1) is 23.8. The average Bonchev–Trinajstić information content (AvgIpc) is 3.35. The summed E-state index contributed by atoms with van der Waals surface area (Å²) in [5.41, 5.74) is 3.37. The molecule has 0 unspecified atom stereocenters. The van der Waals surface area contributed by atoms with Gasteiger partial charge in [-0.25, -0.2) is 4.39 Å². The van der Waals surface area contributed by atoms with Crippen LogP contribution in [-0.2, 0) is 17.6 Å². The van der Waals surface area contributed by atoms with Gasteiger partial charge in [-0.2, -0.15) is 0 Å². The number of carboxylic acid groups (broad SMARTS) is 1. The third-order valence-corrected chi connectivity index (χ3v) is 5.53. The Morgan fingerprint density at radius 2 is 1.57 bits per heavy atom. The molecular formula is C27H24FN3O4. The predicted molar refractivity (Wildman–Crippen MR) is 127 cm³/mol. The van der Waals surface area contributed by atoms with Gasteiger partial charge in [0.15, 0.2) is 0 Å². The molecule has 35 heavy (non-hydrogen) atoms. The van der Waals surface area contributed by atoms with Crippen molar-refractivity contribution < 1.29 is 23.5 Å². The van der Waals surface area contributed by atoms with Crippen molar-refractivity contribution in [3.63, 3.8) is 0 Å². The second kappa shape index (κ2) is 11.2. The van der Waals surface area contributed by atoms with E-state index in [1.807, 2.05) is 42.5 Å². The maximum atomic E-state index is 13.1. The van der Waals surface area contributed by atoms with E-state index in [1.54, 1.807) is 24.3 Å². The Bertz CT molecular complexity index is 1270. The number of amides is 1. The minimum Gasteiger partial charge on any atom is -0.481 e. The number of nitrogens with one attached hydrogen (secondary N) is 1. The van der Waals surface area contributed by atoms with Crippen molar-refractivity contribution in [2.75, 3.05) is 0 Å². The highest BCUT2D eigenvalue weighted by Crippen LogP contribution is 2.22. The Labute approximate surface area is 201 Å². The van der Waals surface area contributed by atoms with Gasteiger partial charge in [0.25, 0.3) is 5.91 Å². The highest BCUT2D eigenvalue weighted by Gasteiger charge is 2.23. The van der Waals surface area contributed by atoms with Gasteiger partial charge in [0.2, 0.25) is 11.8 Å². The van der Waals surface area contributed by atoms with Crippen LogP contribution in [0.2, 0.25) is 0 Å². The first-order valence-corrected chi connectivity index (χ1v) is 11.2. The second-order valence-electron chi connectivity index (χ2n) is 8.06. The number of halogens is 1. The maximum Gasteiger partial charge on any atom is 0.303 e. The number of nitrogens with zero attached hydrogens (tertiary/aromatic N) is 2. The minimum atomic E-state index is -0.993. The van der Waals surface area contributed by atoms with Crippen LogP contribution < -0.4 is 5.32 Å². The second-order valence-corrected chi connectivity index (χ2v) is 8.06. The molecule has 4 rings (SSSR count). The number of carbonyl (C=O) groups is 2. The summed E-state index contributed by atoms with van der Waals surface area (Å²) in [5, 5.41) is 20.0. The first-order valence-electron chi connectivity index (χ1n) is 11.2. The molecule has 0 spiro atoms. The highest BCUT2D eigenvalue weighted by atomic mass is 19.1. The van der Waals surface area contributed by atoms with E-state index in [1.165, 1.54) is 12.1 Å². The van der Waals surface area contributed by atoms with Crippen molar-refractivity contribution >= 4 is 11.9 Å². The molecule has 0 aliphatic rings. The fraction of sp³-hybridized carbons (Fsp3) is 0.185. The van der Waals surface area contributed by atoms with Crippen LogP contribution in [0.4, 0.5) is 4.39 Å². The van der Waals surface area contributed by atoms with E-state index in [9.17, 15) is 14.0 Å². The molecule has 1 amide bonds. The summed E-state index contributed by atoms with van der Waals surface area (Å²) in [6, 6.07) is 22.3. The Hall–Kier alpha value is -4.33. The van der Waals surface area contributed by atoms with Crippen LogP contribution in [-0.4, -0.2) is 27.2 Å². The number of carboxylic acids is 1. The lowest BCUT2D eigenvalue weighted by atomic mass is 10.0. The summed E-state index contributed by atoms with van der Waals surface area (Å²) < 4.78 is 18.8. The standard InChI is InChI=1S/C27H24FN3O4/c28-22-13-6-18(7-14-22)8-16-24-30-31-27(35-24)23(15-17-25(32)33)29-26(34)21-11-9-20(10-12-21)19-4-2-1-3-5-19/h1-7,9-14,23H,8,15-17H2,(H,29,34)(H,32,33)/t23-/m0/s1. The lowest BCUT2D eigenvalue weighted by Gasteiger charge is -2.14. The number of carbonyl (C=O) groups excluding carboxylic acids is 1. The molecule has 0 aliphatic carbocycles. The fourth-order valence-electron chi connectivity index (χ4n) is 3.62. The van der Waals surface area contributed by atoms with Gasteiger partial charge in [-0.15, -0.1) is 10.2 Å². The van der Waals surface area contributed by atoms with Crippen molar-refractivity contribution in [1.82, 2.24) is 15.5 Å². The van der Waals surface area contributed by atoms with Crippen LogP contribution in [0.15, 0.2) is 83.3 Å². The van der Waals surface area contributed by atoms with Gasteiger partial charge in [0, 0.05) is 18.4 Å². The lowest BCUT2D eigenvalue weighted by molar-refractivity contribution is -0.137. The first-order chi connectivity index (χ1) is 17.0. The summed E-state index contributed by atoms with van der Waals surface area (Å²) in [6.45, 7) is 0. The number of rotatable bonds is 10. The number of benzene rings is 3. The van der Waals surface area contributed by atoms with E-state index >= 15 is 0 Å². The van der Waals surface area contributed by atoms with Crippen LogP contribution in [0.5, 0.6) is 0 Å². The van der Waals surface area contributed by atoms with E-state index < -0.39 is 12.0 Å². The number of aryl methyl sites for hydroxylation is 2. The van der Waals surface area contributed by atoms with Crippen molar-refractivity contribution in [3.8, 4) is 11.1 Å². The monoisotopic (exact) mass is 473 g/mol. The largest absolute Gasteiger partial charge is 0.481 e. The molecule has 0 radical (unpaired) electrons. The van der Waals surface area contributed by atoms with Crippen LogP contribution >= 0.6 is 0 Å². The Balaban J connectivity index is 1.43. The van der Waals surface area contributed by atoms with Gasteiger partial charge < -0.3 is 14.8 Å². The van der Waals surface area contributed by atoms with E-state index in [-0.39, 0.29) is 30.5 Å². The van der Waals surface area contributed by atoms with Crippen LogP contribution in [0, 0.1) is 5.82 Å². The summed E-state index contributed by atoms with van der Waals surface area (Å²) in [7, 11) is 0. The van der Waals surface area contributed by atoms with Gasteiger partial charge in [0.05, 0.1) is 0 Å². The molecule has 1 atom stereocenters. The number of hydrogen-bond donors (Lipinski definition) is 2. The van der Waals surface area contributed by atoms with Gasteiger partial charge in [-0.05, 0) is 53.8 Å². The lowest BCUT2D eigenvalue weighted by Crippen LogP contribution is -2.29. The molecule has 0 saturated heterocycles. The van der Waals surface area contributed by atoms with Crippen molar-refractivity contribution in [3.05, 3.63) is 108 Å². The summed E-state index contributed by atoms with van der Waals surface area (Å²) in [5.74, 6) is -1.17. The number of aromatic nitrogens is 2. The van der Waals surface area contributed by atoms with E-state index in [0.717, 1.165) is 16.7 Å². The average molecular weight is 474 g/mol. The molecule has 0 saturated carbocycles. The normalized spacial score (nSPS) is 11.7. The van der Waals surface area contributed by atoms with Crippen molar-refractivity contribution in [2.45, 2.75) is 31.7 Å². The molecule has 0 aliphatic heterocycles. The van der Waals surface area contributed by atoms with E-state index in [0.29, 0.717) is 24.3 Å². The predicted octanol–water partition coefficient (Wildman–Crippen LogP) is 5.00. The number of hydrogen-bond acceptors (Lipinski definition) is 5. The molecule has 3 aromatic carbocycles. The van der Waals surface area contributed by atoms with Crippen molar-refractivity contribution in [1.29, 1.82) is 0 Å². The smallest absolute Gasteiger partial charge is 0.303 e. The molecule has 8 heteroatoms. The summed E-state index contributed by atoms with van der Waals surface area (Å²) >= 11 is 0. The molecule has 0 fully saturated rings. The Kier molecular flexibility index (Phi) is 7.62. The van der Waals surface area contributed by atoms with E-state index in [4.69, 9.17) is 9.52 Å². The Morgan fingerprint density at radius 3 is 2.26 bits per heavy atom. The zero-order chi connectivity index (χ0) is 24.6. The molecule has 4 aromatic rings. The van der Waals surface area contributed by atoms with Gasteiger partial charge >= 0.3 is 5.97 Å². The zero-order valence-corrected chi connectivity index (χ0v) is 18.9. The van der Waals surface area contributed by atoms with Crippen LogP contribution in [0.1, 0.15) is 46.6 Å². The van der Waals surface area contributed by atoms with Gasteiger partial charge in [0.1, 0.15) is 11.9 Å². The SMILES string of the molecule is O=C(O)CC[C@H](NC(=O)c1ccc(-c2ccccc2)cc1)c1nnc(CCc2ccc(F)cc2)o1. The summed E-state index contributed by atoms with van der Waals surface area (Å²) in [4.78, 5) is 24.0. The zero-order valence-electron chi connectivity index (χ0n) is 18.9. The third kappa shape index (κ3) is 6.60. The molecule has 1 aromatic heterocycles. The molecule has 2 N–H and O–H groups in total. The molecule has 0 bridgehead atoms. The molecule has 178 valence electrons. The summed E-state index contributed by atoms with van der Waals surface area (Å²) in [6.07, 6.45) is 0.926. The molecular weight excluding hydrogens is 449 g/mol.